The summed E-state index contributed by atoms with van der Waals surface area (Å²) in [5, 5.41) is 27.6. The molecule has 6 aliphatic rings. The number of methoxy groups -OCH3 is 1. The van der Waals surface area contributed by atoms with Crippen molar-refractivity contribution < 1.29 is 50.5 Å². The van der Waals surface area contributed by atoms with Crippen LogP contribution in [0.25, 0.3) is 33.2 Å². The molecule has 4 aromatic heterocycles. The smallest absolute Gasteiger partial charge is 0.275 e. The number of piperazine rings is 2. The van der Waals surface area contributed by atoms with Crippen molar-refractivity contribution in [2.75, 3.05) is 121 Å². The van der Waals surface area contributed by atoms with Gasteiger partial charge in [0.2, 0.25) is 0 Å². The molecule has 10 aromatic rings. The number of ether oxygens (including phenoxy) is 3. The van der Waals surface area contributed by atoms with Crippen molar-refractivity contribution >= 4 is 135 Å². The number of hydrogen-bond acceptors (Lipinski definition) is 22. The monoisotopic (exact) mass is 1780 g/mol. The zero-order valence-corrected chi connectivity index (χ0v) is 74.6. The van der Waals surface area contributed by atoms with E-state index in [1.807, 2.05) is 50.5 Å². The highest BCUT2D eigenvalue weighted by molar-refractivity contribution is 7.99. The highest BCUT2D eigenvalue weighted by Crippen LogP contribution is 2.48. The van der Waals surface area contributed by atoms with E-state index < -0.39 is 41.7 Å². The van der Waals surface area contributed by atoms with Gasteiger partial charge in [-0.25, -0.2) is 36.2 Å². The van der Waals surface area contributed by atoms with Crippen LogP contribution in [-0.2, 0) is 37.6 Å². The maximum atomic E-state index is 14.0. The second-order valence-electron chi connectivity index (χ2n) is 34.5. The second-order valence-corrected chi connectivity index (χ2v) is 40.8. The van der Waals surface area contributed by atoms with E-state index in [1.165, 1.54) is 81.5 Å². The van der Waals surface area contributed by atoms with Crippen LogP contribution < -0.4 is 28.7 Å². The number of fused-ring (bicyclic) bond motifs is 4. The third-order valence-corrected chi connectivity index (χ3v) is 29.9. The first kappa shape index (κ1) is 88.0. The van der Waals surface area contributed by atoms with Gasteiger partial charge in [0.05, 0.1) is 43.2 Å². The molecule has 0 radical (unpaired) electrons. The van der Waals surface area contributed by atoms with Gasteiger partial charge in [-0.2, -0.15) is 0 Å². The molecule has 0 unspecified atom stereocenters. The van der Waals surface area contributed by atoms with Gasteiger partial charge in [0.15, 0.2) is 0 Å². The lowest BCUT2D eigenvalue weighted by Gasteiger charge is -2.39. The van der Waals surface area contributed by atoms with Gasteiger partial charge in [0, 0.05) is 180 Å². The predicted octanol–water partition coefficient (Wildman–Crippen LogP) is 18.2. The maximum absolute atomic E-state index is 14.0. The van der Waals surface area contributed by atoms with E-state index in [1.54, 1.807) is 68.0 Å². The van der Waals surface area contributed by atoms with E-state index in [9.17, 15) is 46.7 Å². The molecule has 2 fully saturated rings. The molecule has 26 nitrogen and oxygen atoms in total. The Labute approximate surface area is 735 Å². The van der Waals surface area contributed by atoms with Crippen LogP contribution in [0.4, 0.5) is 22.7 Å². The minimum Gasteiger partial charge on any atom is -0.455 e. The van der Waals surface area contributed by atoms with E-state index >= 15 is 0 Å². The molecule has 0 bridgehead atoms. The summed E-state index contributed by atoms with van der Waals surface area (Å²) < 4.78 is 77.7. The number of rotatable bonds is 26. The third kappa shape index (κ3) is 21.2. The minimum absolute atomic E-state index is 0.0161. The summed E-state index contributed by atoms with van der Waals surface area (Å²) in [5.41, 5.74) is 12.1. The Kier molecular flexibility index (Phi) is 26.8. The Morgan fingerprint density at radius 3 is 1.38 bits per heavy atom. The number of carbonyl (C=O) groups is 2. The lowest BCUT2D eigenvalue weighted by Crippen LogP contribution is -2.47. The largest absolute Gasteiger partial charge is 0.455 e. The molecule has 123 heavy (non-hydrogen) atoms. The highest BCUT2D eigenvalue weighted by Gasteiger charge is 2.37. The van der Waals surface area contributed by atoms with E-state index in [2.05, 4.69) is 106 Å². The van der Waals surface area contributed by atoms with Crippen LogP contribution in [0.1, 0.15) is 122 Å². The number of amides is 2. The summed E-state index contributed by atoms with van der Waals surface area (Å²) in [7, 11) is -3.51. The van der Waals surface area contributed by atoms with E-state index in [-0.39, 0.29) is 66.5 Å². The van der Waals surface area contributed by atoms with Crippen molar-refractivity contribution in [3.05, 3.63) is 233 Å². The first-order valence-electron chi connectivity index (χ1n) is 41.4. The van der Waals surface area contributed by atoms with Gasteiger partial charge in [-0.15, -0.1) is 23.5 Å². The lowest BCUT2D eigenvalue weighted by molar-refractivity contribution is -0.386. The fourth-order valence-corrected chi connectivity index (χ4v) is 22.1. The molecule has 0 saturated carbocycles. The molecule has 4 N–H and O–H groups in total. The molecule has 0 spiro atoms. The fraction of sp³-hybridized carbons (Fsp3) is 0.385. The maximum Gasteiger partial charge on any atom is 0.275 e. The standard InChI is InChI=1S/C46H52ClN7O6S2.C45H49ClN6O7S2/c1-46(2)14-11-33(40(26-46)31-5-7-34(47)8-6-31)28-52-17-19-53(20-18-52)35-9-10-38(42(23-35)60-36-22-32-12-15-48-44(32)49-27-36)45(55)50-62(58,59)37-24-41(54(56)57)39-21-30(13-16-51(3)4)29-61-43(39)25-37;1-45(2)13-10-32(39(25-45)30-4-6-33(46)7-5-30)27-50-15-17-51(18-16-50)34-8-9-37(41(22-34)59-35-21-31-11-14-47-43(31)48-26-35)44(53)49-61(56,57)36-23-40(52(54)55)38-20-29(12-19-58-3)28-60-42(38)24-36/h5-10,12,15,22-25,27,30H,11,13-14,16-21,26,28-29H2,1-4H3,(H,48,49)(H,50,55);4-9,11,14,21-24,26,29H,10,12-13,15-20,25,27-28H2,1-3H3,(H,47,48)(H,49,53)/t30-;29-/m00/s1. The molecule has 2 aliphatic carbocycles. The number of pyridine rings is 2. The minimum atomic E-state index is -4.55. The van der Waals surface area contributed by atoms with Gasteiger partial charge in [0.25, 0.3) is 43.2 Å². The van der Waals surface area contributed by atoms with Crippen molar-refractivity contribution in [1.29, 1.82) is 0 Å². The molecule has 8 heterocycles. The molecule has 2 amide bonds. The van der Waals surface area contributed by atoms with Crippen LogP contribution in [0.15, 0.2) is 189 Å². The number of nitro benzene ring substituents is 2. The number of hydrogen-bond donors (Lipinski definition) is 4. The van der Waals surface area contributed by atoms with Crippen molar-refractivity contribution in [3.63, 3.8) is 0 Å². The number of nitrogens with one attached hydrogen (secondary N) is 4. The summed E-state index contributed by atoms with van der Waals surface area (Å²) in [5.74, 6) is 0.888. The Bertz CT molecular complexity index is 5970. The highest BCUT2D eigenvalue weighted by atomic mass is 35.5. The van der Waals surface area contributed by atoms with Gasteiger partial charge >= 0.3 is 0 Å². The van der Waals surface area contributed by atoms with Gasteiger partial charge in [-0.05, 0) is 215 Å². The number of aromatic nitrogens is 4. The molecule has 32 heteroatoms. The first-order chi connectivity index (χ1) is 58.8. The van der Waals surface area contributed by atoms with Crippen LogP contribution in [0.2, 0.25) is 10.0 Å². The molecule has 6 aromatic carbocycles. The van der Waals surface area contributed by atoms with Crippen LogP contribution in [0.5, 0.6) is 23.0 Å². The number of carbonyl (C=O) groups excluding carboxylic acids is 2. The van der Waals surface area contributed by atoms with Gasteiger partial charge in [0.1, 0.15) is 34.3 Å². The number of halogens is 2. The van der Waals surface area contributed by atoms with Crippen LogP contribution >= 0.6 is 46.7 Å². The Morgan fingerprint density at radius 1 is 0.569 bits per heavy atom. The van der Waals surface area contributed by atoms with E-state index in [4.69, 9.17) is 37.4 Å². The molecular formula is C91H101Cl2N13O13S4. The Balaban J connectivity index is 0.000000191. The number of nitro groups is 2. The summed E-state index contributed by atoms with van der Waals surface area (Å²) in [6.07, 6.45) is 15.5. The zero-order valence-electron chi connectivity index (χ0n) is 69.9. The summed E-state index contributed by atoms with van der Waals surface area (Å²) in [6, 6.07) is 38.8. The lowest BCUT2D eigenvalue weighted by atomic mass is 9.72. The number of aromatic amines is 2. The van der Waals surface area contributed by atoms with Crippen molar-refractivity contribution in [2.45, 2.75) is 111 Å². The second kappa shape index (κ2) is 37.5. The number of nitrogens with zero attached hydrogens (tertiary/aromatic N) is 9. The van der Waals surface area contributed by atoms with Gasteiger partial charge in [-0.1, -0.05) is 86.3 Å². The average Bonchev–Trinajstić information content (AvgIpc) is 1.64. The number of anilines is 2. The van der Waals surface area contributed by atoms with Gasteiger partial charge < -0.3 is 38.9 Å². The van der Waals surface area contributed by atoms with E-state index in [0.717, 1.165) is 168 Å². The average molecular weight is 1780 g/mol. The number of sulfonamides is 2. The zero-order chi connectivity index (χ0) is 86.7. The molecule has 2 atom stereocenters. The topological polar surface area (TPSA) is 314 Å². The normalized spacial score (nSPS) is 18.2. The molecule has 2 saturated heterocycles. The van der Waals surface area contributed by atoms with E-state index in [0.29, 0.717) is 74.7 Å². The molecule has 646 valence electrons. The third-order valence-electron chi connectivity index (χ3n) is 24.1. The Morgan fingerprint density at radius 2 is 0.984 bits per heavy atom. The predicted molar refractivity (Wildman–Crippen MR) is 486 cm³/mol. The SMILES string of the molecule is CN(C)CC[C@@H]1CSc2cc(S(=O)(=O)NC(=O)c3ccc(N4CCN(CC5=C(c6ccc(Cl)cc6)CC(C)(C)CC5)CC4)cc3Oc3cnc4[nH]ccc4c3)cc([N+](=O)[O-])c2C1.COCC[C@@H]1CSc2cc(S(=O)(=O)NC(=O)c3ccc(N4CCN(CC5=C(c6ccc(Cl)cc6)CC(C)(C)CC5)CC4)cc3Oc3cnc4[nH]ccc4c3)cc([N+](=O)[O-])c2C1. The van der Waals surface area contributed by atoms with Crippen LogP contribution in [0.3, 0.4) is 0 Å². The Hall–Kier alpha value is -9.86. The molecule has 16 rings (SSSR count). The quantitative estimate of drug-likeness (QED) is 0.0289. The van der Waals surface area contributed by atoms with Crippen molar-refractivity contribution in [2.24, 2.45) is 22.7 Å². The van der Waals surface area contributed by atoms with Crippen molar-refractivity contribution in [1.82, 2.24) is 44.1 Å². The van der Waals surface area contributed by atoms with Crippen LogP contribution in [-0.4, -0.2) is 184 Å². The van der Waals surface area contributed by atoms with Gasteiger partial charge in [-0.3, -0.25) is 39.6 Å². The molecular weight excluding hydrogens is 1680 g/mol. The summed E-state index contributed by atoms with van der Waals surface area (Å²) >= 11 is 15.3. The first-order valence-corrected chi connectivity index (χ1v) is 47.1. The fourth-order valence-electron chi connectivity index (χ4n) is 17.2. The number of benzene rings is 6. The summed E-state index contributed by atoms with van der Waals surface area (Å²) in [6.45, 7) is 18.7. The number of H-pyrrole nitrogens is 2. The van der Waals surface area contributed by atoms with Crippen molar-refractivity contribution in [3.8, 4) is 23.0 Å². The number of thioether (sulfide) groups is 2. The molecule has 4 aliphatic heterocycles. The number of allylic oxidation sites excluding steroid dienone is 2. The van der Waals surface area contributed by atoms with Crippen LogP contribution in [0, 0.1) is 42.9 Å². The summed E-state index contributed by atoms with van der Waals surface area (Å²) in [4.78, 5) is 78.3.